The van der Waals surface area contributed by atoms with Gasteiger partial charge in [0.15, 0.2) is 0 Å². The molecule has 0 saturated carbocycles. The van der Waals surface area contributed by atoms with Gasteiger partial charge < -0.3 is 19.8 Å². The molecule has 29 heavy (non-hydrogen) atoms. The molecule has 1 fully saturated rings. The molecule has 6 heteroatoms. The van der Waals surface area contributed by atoms with Crippen LogP contribution in [0.4, 0.5) is 0 Å². The Hall–Kier alpha value is -3.28. The highest BCUT2D eigenvalue weighted by Crippen LogP contribution is 2.41. The third-order valence-corrected chi connectivity index (χ3v) is 5.09. The van der Waals surface area contributed by atoms with Crippen molar-refractivity contribution in [2.24, 2.45) is 0 Å². The number of Topliss-reactive ketones (excluding diaryl/α,β-unsaturated/α-hetero) is 1. The Labute approximate surface area is 170 Å². The van der Waals surface area contributed by atoms with Crippen molar-refractivity contribution in [1.29, 1.82) is 0 Å². The van der Waals surface area contributed by atoms with Gasteiger partial charge in [-0.25, -0.2) is 0 Å². The first-order valence-corrected chi connectivity index (χ1v) is 9.61. The molecule has 1 aliphatic heterocycles. The van der Waals surface area contributed by atoms with Gasteiger partial charge >= 0.3 is 0 Å². The van der Waals surface area contributed by atoms with E-state index >= 15 is 0 Å². The molecule has 2 N–H and O–H groups in total. The van der Waals surface area contributed by atoms with Crippen LogP contribution in [-0.4, -0.2) is 40.5 Å². The van der Waals surface area contributed by atoms with E-state index in [-0.39, 0.29) is 17.1 Å². The monoisotopic (exact) mass is 395 g/mol. The molecule has 0 radical (unpaired) electrons. The van der Waals surface area contributed by atoms with Crippen LogP contribution in [0.1, 0.15) is 42.5 Å². The van der Waals surface area contributed by atoms with Crippen LogP contribution >= 0.6 is 0 Å². The summed E-state index contributed by atoms with van der Waals surface area (Å²) in [5.41, 5.74) is 1.79. The van der Waals surface area contributed by atoms with Crippen molar-refractivity contribution in [3.8, 4) is 11.5 Å². The smallest absolute Gasteiger partial charge is 0.295 e. The number of ketones is 1. The highest BCUT2D eigenvalue weighted by molar-refractivity contribution is 6.46. The molecule has 0 bridgehead atoms. The van der Waals surface area contributed by atoms with Crippen LogP contribution in [-0.2, 0) is 9.59 Å². The van der Waals surface area contributed by atoms with Crippen LogP contribution in [0.15, 0.2) is 48.0 Å². The summed E-state index contributed by atoms with van der Waals surface area (Å²) in [5.74, 6) is -1.24. The molecule has 1 atom stereocenters. The van der Waals surface area contributed by atoms with Crippen LogP contribution < -0.4 is 4.74 Å². The van der Waals surface area contributed by atoms with E-state index in [2.05, 4.69) is 0 Å². The number of aliphatic hydroxyl groups excluding tert-OH is 1. The van der Waals surface area contributed by atoms with E-state index in [1.807, 2.05) is 19.9 Å². The van der Waals surface area contributed by atoms with Gasteiger partial charge in [0.25, 0.3) is 11.7 Å². The van der Waals surface area contributed by atoms with Crippen LogP contribution in [0.3, 0.4) is 0 Å². The Morgan fingerprint density at radius 3 is 2.59 bits per heavy atom. The van der Waals surface area contributed by atoms with Gasteiger partial charge in [-0.05, 0) is 43.2 Å². The third kappa shape index (κ3) is 3.83. The molecule has 1 aliphatic rings. The molecule has 0 spiro atoms. The maximum Gasteiger partial charge on any atom is 0.295 e. The number of carbonyl (C=O) groups is 2. The fourth-order valence-electron chi connectivity index (χ4n) is 3.63. The quantitative estimate of drug-likeness (QED) is 0.440. The summed E-state index contributed by atoms with van der Waals surface area (Å²) in [6, 6.07) is 10.9. The van der Waals surface area contributed by atoms with Crippen molar-refractivity contribution < 1.29 is 24.5 Å². The van der Waals surface area contributed by atoms with Crippen LogP contribution in [0.2, 0.25) is 0 Å². The van der Waals surface area contributed by atoms with Crippen LogP contribution in [0.5, 0.6) is 11.5 Å². The van der Waals surface area contributed by atoms with Gasteiger partial charge in [-0.1, -0.05) is 37.1 Å². The number of phenols is 1. The number of amides is 1. The zero-order valence-corrected chi connectivity index (χ0v) is 16.8. The number of hydrogen-bond acceptors (Lipinski definition) is 5. The summed E-state index contributed by atoms with van der Waals surface area (Å²) in [7, 11) is 1.48. The Morgan fingerprint density at radius 2 is 1.93 bits per heavy atom. The lowest BCUT2D eigenvalue weighted by Gasteiger charge is -2.25. The van der Waals surface area contributed by atoms with Gasteiger partial charge in [-0.3, -0.25) is 9.59 Å². The second-order valence-corrected chi connectivity index (χ2v) is 7.14. The minimum atomic E-state index is -0.779. The minimum Gasteiger partial charge on any atom is -0.508 e. The van der Waals surface area contributed by atoms with E-state index in [0.29, 0.717) is 23.4 Å². The molecule has 0 aliphatic carbocycles. The first-order valence-electron chi connectivity index (χ1n) is 9.61. The largest absolute Gasteiger partial charge is 0.508 e. The number of nitrogens with zero attached hydrogens (tertiary/aromatic N) is 1. The van der Waals surface area contributed by atoms with E-state index in [1.165, 1.54) is 24.1 Å². The number of rotatable bonds is 6. The Bertz CT molecular complexity index is 979. The normalized spacial score (nSPS) is 18.3. The lowest BCUT2D eigenvalue weighted by molar-refractivity contribution is -0.139. The van der Waals surface area contributed by atoms with Crippen molar-refractivity contribution in [2.45, 2.75) is 32.7 Å². The Kier molecular flexibility index (Phi) is 5.92. The number of benzene rings is 2. The highest BCUT2D eigenvalue weighted by atomic mass is 16.5. The molecule has 6 nitrogen and oxygen atoms in total. The zero-order chi connectivity index (χ0) is 21.1. The maximum atomic E-state index is 12.9. The summed E-state index contributed by atoms with van der Waals surface area (Å²) in [4.78, 5) is 27.2. The number of likely N-dealkylation sites (tertiary alicyclic amines) is 1. The number of carbonyl (C=O) groups excluding carboxylic acids is 2. The van der Waals surface area contributed by atoms with Gasteiger partial charge in [0, 0.05) is 6.54 Å². The van der Waals surface area contributed by atoms with E-state index in [1.54, 1.807) is 24.3 Å². The summed E-state index contributed by atoms with van der Waals surface area (Å²) in [5, 5.41) is 21.1. The lowest BCUT2D eigenvalue weighted by Crippen LogP contribution is -2.30. The first-order chi connectivity index (χ1) is 13.9. The van der Waals surface area contributed by atoms with Crippen LogP contribution in [0, 0.1) is 6.92 Å². The first kappa shape index (κ1) is 20.5. The summed E-state index contributed by atoms with van der Waals surface area (Å²) in [6.07, 6.45) is 1.57. The number of ether oxygens (including phenoxy) is 1. The van der Waals surface area contributed by atoms with E-state index in [9.17, 15) is 19.8 Å². The molecule has 152 valence electrons. The molecule has 1 heterocycles. The van der Waals surface area contributed by atoms with Gasteiger partial charge in [-0.2, -0.15) is 0 Å². The molecular formula is C23H25NO5. The molecule has 1 saturated heterocycles. The molecule has 0 aromatic heterocycles. The van der Waals surface area contributed by atoms with Gasteiger partial charge in [0.1, 0.15) is 17.3 Å². The van der Waals surface area contributed by atoms with E-state index in [0.717, 1.165) is 18.4 Å². The fourth-order valence-corrected chi connectivity index (χ4v) is 3.63. The predicted octanol–water partition coefficient (Wildman–Crippen LogP) is 3.93. The number of hydrogen-bond donors (Lipinski definition) is 2. The van der Waals surface area contributed by atoms with Crippen molar-refractivity contribution in [2.75, 3.05) is 13.7 Å². The minimum absolute atomic E-state index is 0.000558. The zero-order valence-electron chi connectivity index (χ0n) is 16.8. The number of aryl methyl sites for hydroxylation is 1. The average molecular weight is 395 g/mol. The van der Waals surface area contributed by atoms with Gasteiger partial charge in [0.2, 0.25) is 0 Å². The Balaban J connectivity index is 2.23. The average Bonchev–Trinajstić information content (AvgIpc) is 2.96. The van der Waals surface area contributed by atoms with Crippen molar-refractivity contribution >= 4 is 17.4 Å². The lowest BCUT2D eigenvalue weighted by atomic mass is 9.94. The number of aliphatic hydroxyl groups is 1. The number of methoxy groups -OCH3 is 1. The second-order valence-electron chi connectivity index (χ2n) is 7.14. The molecule has 3 rings (SSSR count). The second kappa shape index (κ2) is 8.39. The van der Waals surface area contributed by atoms with Crippen LogP contribution in [0.25, 0.3) is 5.76 Å². The molecular weight excluding hydrogens is 370 g/mol. The van der Waals surface area contributed by atoms with E-state index in [4.69, 9.17) is 4.74 Å². The SMILES string of the molecule is CCCCN1C(=O)C(=O)/C(=C(/O)c2cc(C)ccc2OC)C1c1cccc(O)c1. The molecule has 2 aromatic carbocycles. The third-order valence-electron chi connectivity index (χ3n) is 5.09. The van der Waals surface area contributed by atoms with E-state index < -0.39 is 17.7 Å². The highest BCUT2D eigenvalue weighted by Gasteiger charge is 2.46. The Morgan fingerprint density at radius 1 is 1.17 bits per heavy atom. The standard InChI is InChI=1S/C23H25NO5/c1-4-5-11-24-20(15-7-6-8-16(25)13-15)19(22(27)23(24)28)21(26)17-12-14(2)9-10-18(17)29-3/h6-10,12-13,20,25-26H,4-5,11H2,1-3H3/b21-19+. The number of phenolic OH excluding ortho intramolecular Hbond substituents is 1. The predicted molar refractivity (Wildman–Crippen MR) is 110 cm³/mol. The maximum absolute atomic E-state index is 12.9. The topological polar surface area (TPSA) is 87.1 Å². The summed E-state index contributed by atoms with van der Waals surface area (Å²) < 4.78 is 5.35. The summed E-state index contributed by atoms with van der Waals surface area (Å²) >= 11 is 0. The number of unbranched alkanes of at least 4 members (excludes halogenated alkanes) is 1. The number of aromatic hydroxyl groups is 1. The molecule has 1 amide bonds. The summed E-state index contributed by atoms with van der Waals surface area (Å²) in [6.45, 7) is 4.24. The van der Waals surface area contributed by atoms with Gasteiger partial charge in [0.05, 0.1) is 24.3 Å². The van der Waals surface area contributed by atoms with Gasteiger partial charge in [-0.15, -0.1) is 0 Å². The molecule has 1 unspecified atom stereocenters. The van der Waals surface area contributed by atoms with Crippen molar-refractivity contribution in [1.82, 2.24) is 4.90 Å². The molecule has 2 aromatic rings. The fraction of sp³-hybridized carbons (Fsp3) is 0.304. The van der Waals surface area contributed by atoms with Crippen molar-refractivity contribution in [3.05, 3.63) is 64.7 Å². The van der Waals surface area contributed by atoms with Crippen molar-refractivity contribution in [3.63, 3.8) is 0 Å².